The molecule has 0 bridgehead atoms. The molecule has 0 atom stereocenters. The van der Waals surface area contributed by atoms with Gasteiger partial charge in [-0.15, -0.1) is 0 Å². The van der Waals surface area contributed by atoms with Gasteiger partial charge in [0.1, 0.15) is 0 Å². The molecule has 0 N–H and O–H groups in total. The maximum Gasteiger partial charge on any atom is 0.177 e. The molecule has 0 fully saturated rings. The molecule has 1 heterocycles. The quantitative estimate of drug-likeness (QED) is 0.579. The van der Waals surface area contributed by atoms with Gasteiger partial charge in [-0.3, -0.25) is 0 Å². The van der Waals surface area contributed by atoms with Crippen molar-refractivity contribution in [2.75, 3.05) is 0 Å². The third-order valence-electron chi connectivity index (χ3n) is 0.438. The summed E-state index contributed by atoms with van der Waals surface area (Å²) in [5, 5.41) is -0.605. The largest absolute Gasteiger partial charge is 0.195 e. The van der Waals surface area contributed by atoms with E-state index in [-0.39, 0.29) is 12.1 Å². The van der Waals surface area contributed by atoms with E-state index in [2.05, 4.69) is 15.9 Å². The molecule has 0 spiro atoms. The summed E-state index contributed by atoms with van der Waals surface area (Å²) < 4.78 is 26.5. The van der Waals surface area contributed by atoms with Crippen LogP contribution in [0.5, 0.6) is 0 Å². The van der Waals surface area contributed by atoms with Gasteiger partial charge >= 0.3 is 0 Å². The number of hydrogen-bond acceptors (Lipinski definition) is 1. The second-order valence-electron chi connectivity index (χ2n) is 0.899. The molecule has 0 aromatic carbocycles. The topological polar surface area (TPSA) is 0 Å². The Morgan fingerprint density at radius 2 is 2.57 bits per heavy atom. The highest BCUT2D eigenvalue weighted by molar-refractivity contribution is 9.11. The molecule has 7 heavy (non-hydrogen) atoms. The molecule has 0 aliphatic rings. The molecule has 0 saturated carbocycles. The molecule has 1 aromatic heterocycles. The first kappa shape index (κ1) is 3.20. The average molecular weight is 183 g/mol. The van der Waals surface area contributed by atoms with E-state index in [1.54, 1.807) is 0 Å². The number of hydrogen-bond donors (Lipinski definition) is 0. The third-order valence-corrected chi connectivity index (χ3v) is 1.68. The molecular weight excluding hydrogens is 179 g/mol. The van der Waals surface area contributed by atoms with Crippen LogP contribution in [-0.4, -0.2) is 0 Å². The van der Waals surface area contributed by atoms with Crippen LogP contribution in [0.15, 0.2) is 15.9 Å². The lowest BCUT2D eigenvalue weighted by atomic mass is 10.7. The van der Waals surface area contributed by atoms with Crippen molar-refractivity contribution in [1.29, 1.82) is 0 Å². The van der Waals surface area contributed by atoms with Crippen LogP contribution in [0.2, 0.25) is 0 Å². The standard InChI is InChI=1S/C4H2BrFS/c5-3-1-2-4(6)7-3/h1-2H/i1D,2D. The Labute approximate surface area is 55.9 Å². The van der Waals surface area contributed by atoms with E-state index in [1.807, 2.05) is 0 Å². The fourth-order valence-corrected chi connectivity index (χ4v) is 1.11. The SMILES string of the molecule is [2H]c1c(F)sc(Br)c1[2H]. The molecule has 0 unspecified atom stereocenters. The summed E-state index contributed by atoms with van der Waals surface area (Å²) >= 11 is 3.71. The summed E-state index contributed by atoms with van der Waals surface area (Å²) in [5.74, 6) is 0. The van der Waals surface area contributed by atoms with E-state index < -0.39 is 5.13 Å². The van der Waals surface area contributed by atoms with Gasteiger partial charge < -0.3 is 0 Å². The second-order valence-corrected chi connectivity index (χ2v) is 3.19. The van der Waals surface area contributed by atoms with Gasteiger partial charge in [-0.05, 0) is 28.0 Å². The first-order valence-corrected chi connectivity index (χ1v) is 3.15. The lowest BCUT2D eigenvalue weighted by Crippen LogP contribution is -1.43. The van der Waals surface area contributed by atoms with Crippen LogP contribution in [0.25, 0.3) is 0 Å². The highest BCUT2D eigenvalue weighted by Crippen LogP contribution is 2.19. The third kappa shape index (κ3) is 1.24. The van der Waals surface area contributed by atoms with Gasteiger partial charge in [0.05, 0.1) is 6.53 Å². The van der Waals surface area contributed by atoms with E-state index in [0.717, 1.165) is 11.3 Å². The Kier molecular flexibility index (Phi) is 0.878. The van der Waals surface area contributed by atoms with Gasteiger partial charge in [0.25, 0.3) is 0 Å². The molecule has 0 aliphatic heterocycles. The summed E-state index contributed by atoms with van der Waals surface area (Å²) in [7, 11) is 0. The van der Waals surface area contributed by atoms with Gasteiger partial charge in [0.15, 0.2) is 5.13 Å². The van der Waals surface area contributed by atoms with Crippen molar-refractivity contribution in [2.45, 2.75) is 0 Å². The van der Waals surface area contributed by atoms with E-state index in [0.29, 0.717) is 3.79 Å². The van der Waals surface area contributed by atoms with Gasteiger partial charge in [-0.1, -0.05) is 11.3 Å². The minimum atomic E-state index is -0.605. The normalized spacial score (nSPS) is 13.4. The molecule has 0 saturated heterocycles. The minimum absolute atomic E-state index is 0.0718. The van der Waals surface area contributed by atoms with E-state index in [4.69, 9.17) is 2.74 Å². The van der Waals surface area contributed by atoms with Crippen LogP contribution in [0, 0.1) is 5.13 Å². The van der Waals surface area contributed by atoms with Crippen molar-refractivity contribution in [1.82, 2.24) is 0 Å². The van der Waals surface area contributed by atoms with Gasteiger partial charge in [-0.2, -0.15) is 4.39 Å². The molecule has 0 aliphatic carbocycles. The monoisotopic (exact) mass is 182 g/mol. The molecule has 1 aromatic rings. The number of rotatable bonds is 0. The molecule has 0 nitrogen and oxygen atoms in total. The van der Waals surface area contributed by atoms with E-state index in [1.165, 1.54) is 0 Å². The van der Waals surface area contributed by atoms with Crippen LogP contribution in [0.1, 0.15) is 2.74 Å². The number of halogens is 2. The van der Waals surface area contributed by atoms with Crippen molar-refractivity contribution in [3.8, 4) is 0 Å². The molecular formula is C4H2BrFS. The molecule has 0 amide bonds. The van der Waals surface area contributed by atoms with Crippen LogP contribution in [0.3, 0.4) is 0 Å². The van der Waals surface area contributed by atoms with E-state index >= 15 is 0 Å². The minimum Gasteiger partial charge on any atom is -0.195 e. The van der Waals surface area contributed by atoms with Crippen molar-refractivity contribution in [3.63, 3.8) is 0 Å². The zero-order valence-electron chi connectivity index (χ0n) is 5.16. The zero-order chi connectivity index (χ0) is 7.02. The first-order valence-electron chi connectivity index (χ1n) is 2.54. The predicted molar refractivity (Wildman–Crippen MR) is 32.0 cm³/mol. The highest BCUT2D eigenvalue weighted by Gasteiger charge is 1.90. The first-order chi connectivity index (χ1) is 4.13. The molecule has 3 heteroatoms. The Hall–Kier alpha value is 0.110. The van der Waals surface area contributed by atoms with Gasteiger partial charge in [0, 0.05) is 0 Å². The maximum atomic E-state index is 12.3. The van der Waals surface area contributed by atoms with Crippen molar-refractivity contribution < 1.29 is 7.13 Å². The summed E-state index contributed by atoms with van der Waals surface area (Å²) in [6, 6.07) is -0.399. The summed E-state index contributed by atoms with van der Waals surface area (Å²) in [5.41, 5.74) is 0. The smallest absolute Gasteiger partial charge is 0.177 e. The lowest BCUT2D eigenvalue weighted by Gasteiger charge is -1.66. The molecule has 38 valence electrons. The van der Waals surface area contributed by atoms with Gasteiger partial charge in [-0.25, -0.2) is 0 Å². The fraction of sp³-hybridized carbons (Fsp3) is 0. The van der Waals surface area contributed by atoms with E-state index in [9.17, 15) is 4.39 Å². The fourth-order valence-electron chi connectivity index (χ4n) is 0.228. The molecule has 1 rings (SSSR count). The van der Waals surface area contributed by atoms with Crippen LogP contribution < -0.4 is 0 Å². The highest BCUT2D eigenvalue weighted by atomic mass is 79.9. The second kappa shape index (κ2) is 1.92. The Balaban J connectivity index is 3.29. The number of thiophene rings is 1. The van der Waals surface area contributed by atoms with Gasteiger partial charge in [0.2, 0.25) is 0 Å². The summed E-state index contributed by atoms with van der Waals surface area (Å²) in [6.07, 6.45) is 0. The Morgan fingerprint density at radius 1 is 1.86 bits per heavy atom. The van der Waals surface area contributed by atoms with Crippen LogP contribution >= 0.6 is 27.3 Å². The van der Waals surface area contributed by atoms with Crippen molar-refractivity contribution in [2.24, 2.45) is 0 Å². The van der Waals surface area contributed by atoms with Crippen LogP contribution in [0.4, 0.5) is 4.39 Å². The summed E-state index contributed by atoms with van der Waals surface area (Å²) in [6.45, 7) is 0. The lowest BCUT2D eigenvalue weighted by molar-refractivity contribution is 0.657. The zero-order valence-corrected chi connectivity index (χ0v) is 5.57. The maximum absolute atomic E-state index is 12.3. The molecule has 0 radical (unpaired) electrons. The average Bonchev–Trinajstić information content (AvgIpc) is 1.98. The Morgan fingerprint density at radius 3 is 2.71 bits per heavy atom. The van der Waals surface area contributed by atoms with Crippen molar-refractivity contribution in [3.05, 3.63) is 21.0 Å². The van der Waals surface area contributed by atoms with Crippen LogP contribution in [-0.2, 0) is 0 Å². The van der Waals surface area contributed by atoms with Crippen molar-refractivity contribution >= 4 is 27.3 Å². The summed E-state index contributed by atoms with van der Waals surface area (Å²) in [4.78, 5) is 0. The Bertz CT molecular complexity index is 212. The predicted octanol–water partition coefficient (Wildman–Crippen LogP) is 2.65.